The second-order valence-corrected chi connectivity index (χ2v) is 7.58. The van der Waals surface area contributed by atoms with E-state index in [0.29, 0.717) is 5.56 Å². The van der Waals surface area contributed by atoms with E-state index in [4.69, 9.17) is 44.8 Å². The number of hydrogen-bond donors (Lipinski definition) is 1. The Labute approximate surface area is 140 Å². The van der Waals surface area contributed by atoms with Crippen LogP contribution in [0.5, 0.6) is 0 Å². The molecule has 114 valence electrons. The average molecular weight is 370 g/mol. The predicted molar refractivity (Wildman–Crippen MR) is 83.2 cm³/mol. The minimum atomic E-state index is -2.16. The van der Waals surface area contributed by atoms with Crippen LogP contribution in [0.15, 0.2) is 0 Å². The first-order valence-corrected chi connectivity index (χ1v) is 7.65. The third kappa shape index (κ3) is 4.48. The van der Waals surface area contributed by atoms with Crippen LogP contribution in [0.4, 0.5) is 5.00 Å². The van der Waals surface area contributed by atoms with Crippen LogP contribution < -0.4 is 5.32 Å². The summed E-state index contributed by atoms with van der Waals surface area (Å²) in [6.07, 6.45) is -0.302. The highest BCUT2D eigenvalue weighted by Crippen LogP contribution is 2.35. The molecule has 0 radical (unpaired) electrons. The molecule has 0 aliphatic carbocycles. The molecule has 1 rings (SSSR count). The molecule has 0 aliphatic rings. The monoisotopic (exact) mass is 368 g/mol. The van der Waals surface area contributed by atoms with Gasteiger partial charge in [-0.25, -0.2) is 4.79 Å². The summed E-state index contributed by atoms with van der Waals surface area (Å²) in [5.74, 6) is -1.48. The molecule has 1 N–H and O–H groups in total. The van der Waals surface area contributed by atoms with Crippen LogP contribution in [0, 0.1) is 18.3 Å². The summed E-state index contributed by atoms with van der Waals surface area (Å²) >= 11 is 17.3. The van der Waals surface area contributed by atoms with Gasteiger partial charge in [0.15, 0.2) is 0 Å². The first-order valence-electron chi connectivity index (χ1n) is 5.70. The van der Waals surface area contributed by atoms with Gasteiger partial charge in [0, 0.05) is 0 Å². The number of nitrogens with zero attached hydrogens (tertiary/aromatic N) is 1. The molecule has 5 nitrogen and oxygen atoms in total. The number of halogens is 3. The minimum absolute atomic E-state index is 0.137. The smallest absolute Gasteiger partial charge is 0.348 e. The van der Waals surface area contributed by atoms with Crippen molar-refractivity contribution < 1.29 is 14.3 Å². The van der Waals surface area contributed by atoms with Crippen LogP contribution >= 0.6 is 46.1 Å². The molecular weight excluding hydrogens is 359 g/mol. The molecule has 0 fully saturated rings. The van der Waals surface area contributed by atoms with E-state index in [1.165, 1.54) is 0 Å². The highest BCUT2D eigenvalue weighted by Gasteiger charge is 2.32. The number of nitrogens with one attached hydrogen (secondary N) is 1. The van der Waals surface area contributed by atoms with Crippen molar-refractivity contribution in [1.29, 1.82) is 5.26 Å². The molecule has 1 heterocycles. The zero-order valence-electron chi connectivity index (χ0n) is 11.3. The van der Waals surface area contributed by atoms with E-state index in [1.807, 2.05) is 6.07 Å². The number of ether oxygens (including phenoxy) is 1. The summed E-state index contributed by atoms with van der Waals surface area (Å²) < 4.78 is 2.91. The molecule has 0 bridgehead atoms. The van der Waals surface area contributed by atoms with Gasteiger partial charge in [-0.1, -0.05) is 34.8 Å². The van der Waals surface area contributed by atoms with Crippen molar-refractivity contribution in [2.45, 2.75) is 30.7 Å². The van der Waals surface area contributed by atoms with Crippen LogP contribution in [0.3, 0.4) is 0 Å². The van der Waals surface area contributed by atoms with Gasteiger partial charge in [0.25, 0.3) is 9.70 Å². The highest BCUT2D eigenvalue weighted by molar-refractivity contribution is 7.18. The maximum Gasteiger partial charge on any atom is 0.348 e. The van der Waals surface area contributed by atoms with Crippen LogP contribution in [0.25, 0.3) is 0 Å². The fourth-order valence-electron chi connectivity index (χ4n) is 1.37. The van der Waals surface area contributed by atoms with Gasteiger partial charge in [-0.3, -0.25) is 4.79 Å². The molecule has 1 amide bonds. The Morgan fingerprint density at radius 1 is 1.38 bits per heavy atom. The van der Waals surface area contributed by atoms with Crippen molar-refractivity contribution in [3.63, 3.8) is 0 Å². The van der Waals surface area contributed by atoms with Gasteiger partial charge in [0.2, 0.25) is 0 Å². The third-order valence-electron chi connectivity index (χ3n) is 2.27. The first kappa shape index (κ1) is 18.1. The number of thiophene rings is 1. The van der Waals surface area contributed by atoms with Gasteiger partial charge in [0.05, 0.1) is 11.7 Å². The Morgan fingerprint density at radius 2 is 1.95 bits per heavy atom. The predicted octanol–water partition coefficient (Wildman–Crippen LogP) is 3.80. The van der Waals surface area contributed by atoms with Gasteiger partial charge in [-0.2, -0.15) is 5.26 Å². The quantitative estimate of drug-likeness (QED) is 0.649. The second-order valence-electron chi connectivity index (χ2n) is 4.28. The van der Waals surface area contributed by atoms with E-state index in [1.54, 1.807) is 20.8 Å². The molecule has 0 saturated carbocycles. The normalized spacial score (nSPS) is 11.1. The lowest BCUT2D eigenvalue weighted by Gasteiger charge is -2.10. The van der Waals surface area contributed by atoms with E-state index in [-0.39, 0.29) is 21.5 Å². The Hall–Kier alpha value is -1.00. The largest absolute Gasteiger partial charge is 0.459 e. The first-order chi connectivity index (χ1) is 9.57. The molecule has 0 atom stereocenters. The number of rotatable bonds is 3. The standard InChI is InChI=1S/C12H11Cl3N2O3S/c1-5(2)20-10(18)8-6(3)7(4-16)9(21-8)17-11(19)12(13,14)15/h5H,1-3H3,(H,17,19). The molecule has 21 heavy (non-hydrogen) atoms. The van der Waals surface area contributed by atoms with Crippen molar-refractivity contribution in [3.8, 4) is 6.07 Å². The van der Waals surface area contributed by atoms with Crippen molar-refractivity contribution in [1.82, 2.24) is 0 Å². The fraction of sp³-hybridized carbons (Fsp3) is 0.417. The lowest BCUT2D eigenvalue weighted by Crippen LogP contribution is -2.26. The number of carbonyl (C=O) groups excluding carboxylic acids is 2. The summed E-state index contributed by atoms with van der Waals surface area (Å²) in [4.78, 5) is 23.8. The Kier molecular flexibility index (Phi) is 5.88. The van der Waals surface area contributed by atoms with E-state index in [2.05, 4.69) is 5.32 Å². The maximum atomic E-state index is 11.9. The Balaban J connectivity index is 3.16. The molecule has 0 aromatic carbocycles. The van der Waals surface area contributed by atoms with Gasteiger partial charge in [-0.15, -0.1) is 11.3 Å². The molecule has 9 heteroatoms. The Morgan fingerprint density at radius 3 is 2.38 bits per heavy atom. The van der Waals surface area contributed by atoms with Gasteiger partial charge >= 0.3 is 5.97 Å². The number of anilines is 1. The van der Waals surface area contributed by atoms with Gasteiger partial charge in [-0.05, 0) is 26.3 Å². The number of esters is 1. The zero-order valence-corrected chi connectivity index (χ0v) is 14.4. The van der Waals surface area contributed by atoms with Crippen molar-refractivity contribution in [2.75, 3.05) is 5.32 Å². The topological polar surface area (TPSA) is 79.2 Å². The molecule has 0 aliphatic heterocycles. The summed E-state index contributed by atoms with van der Waals surface area (Å²) in [6.45, 7) is 4.99. The SMILES string of the molecule is Cc1c(C(=O)OC(C)C)sc(NC(=O)C(Cl)(Cl)Cl)c1C#N. The molecule has 1 aromatic heterocycles. The van der Waals surface area contributed by atoms with E-state index >= 15 is 0 Å². The molecular formula is C12H11Cl3N2O3S. The molecule has 0 spiro atoms. The molecule has 0 saturated heterocycles. The number of nitriles is 1. The van der Waals surface area contributed by atoms with Gasteiger partial charge < -0.3 is 10.1 Å². The maximum absolute atomic E-state index is 11.9. The number of amides is 1. The van der Waals surface area contributed by atoms with Gasteiger partial charge in [0.1, 0.15) is 15.9 Å². The zero-order chi connectivity index (χ0) is 16.4. The van der Waals surface area contributed by atoms with Crippen LogP contribution in [-0.2, 0) is 9.53 Å². The lowest BCUT2D eigenvalue weighted by molar-refractivity contribution is -0.115. The molecule has 0 unspecified atom stereocenters. The summed E-state index contributed by atoms with van der Waals surface area (Å²) in [6, 6.07) is 1.91. The van der Waals surface area contributed by atoms with E-state index < -0.39 is 15.7 Å². The average Bonchev–Trinajstić information content (AvgIpc) is 2.63. The van der Waals surface area contributed by atoms with E-state index in [0.717, 1.165) is 11.3 Å². The second kappa shape index (κ2) is 6.84. The van der Waals surface area contributed by atoms with Crippen LogP contribution in [0.1, 0.15) is 34.6 Å². The number of alkyl halides is 3. The van der Waals surface area contributed by atoms with Crippen molar-refractivity contribution in [3.05, 3.63) is 16.0 Å². The number of hydrogen-bond acceptors (Lipinski definition) is 5. The highest BCUT2D eigenvalue weighted by atomic mass is 35.6. The number of carbonyl (C=O) groups is 2. The van der Waals surface area contributed by atoms with E-state index in [9.17, 15) is 9.59 Å². The Bertz CT molecular complexity index is 614. The van der Waals surface area contributed by atoms with Crippen molar-refractivity contribution in [2.24, 2.45) is 0 Å². The summed E-state index contributed by atoms with van der Waals surface area (Å²) in [5.41, 5.74) is 0.547. The fourth-order valence-corrected chi connectivity index (χ4v) is 2.55. The van der Waals surface area contributed by atoms with Crippen molar-refractivity contribution >= 4 is 63.0 Å². The molecule has 1 aromatic rings. The lowest BCUT2D eigenvalue weighted by atomic mass is 10.2. The minimum Gasteiger partial charge on any atom is -0.459 e. The summed E-state index contributed by atoms with van der Waals surface area (Å²) in [5, 5.41) is 11.6. The van der Waals surface area contributed by atoms with Crippen LogP contribution in [-0.4, -0.2) is 21.8 Å². The third-order valence-corrected chi connectivity index (χ3v) is 3.97. The summed E-state index contributed by atoms with van der Waals surface area (Å²) in [7, 11) is 0. The van der Waals surface area contributed by atoms with Crippen LogP contribution in [0.2, 0.25) is 0 Å².